The maximum absolute atomic E-state index is 8.29. The Hall–Kier alpha value is -1.10. The summed E-state index contributed by atoms with van der Waals surface area (Å²) in [5.74, 6) is 0. The normalized spacial score (nSPS) is 15.5. The first-order valence-electron chi connectivity index (χ1n) is 1.87. The lowest BCUT2D eigenvalue weighted by Gasteiger charge is -1.97. The average molecular weight is 112 g/mol. The van der Waals surface area contributed by atoms with Gasteiger partial charge in [-0.15, -0.1) is 0 Å². The van der Waals surface area contributed by atoms with Crippen molar-refractivity contribution < 1.29 is 10.2 Å². The van der Waals surface area contributed by atoms with E-state index in [9.17, 15) is 0 Å². The number of nitriles is 2. The minimum atomic E-state index is -1.58. The molecule has 0 heterocycles. The van der Waals surface area contributed by atoms with Crippen molar-refractivity contribution in [2.45, 2.75) is 12.2 Å². The Kier molecular flexibility index (Phi) is 2.57. The second kappa shape index (κ2) is 2.98. The Balaban J connectivity index is 3.72. The molecule has 0 aliphatic carbocycles. The van der Waals surface area contributed by atoms with Crippen molar-refractivity contribution in [2.24, 2.45) is 0 Å². The summed E-state index contributed by atoms with van der Waals surface area (Å²) in [6, 6.07) is 2.60. The number of rotatable bonds is 1. The Morgan fingerprint density at radius 2 is 1.25 bits per heavy atom. The smallest absolute Gasteiger partial charge is 0.179 e. The van der Waals surface area contributed by atoms with E-state index in [0.29, 0.717) is 0 Å². The molecular weight excluding hydrogens is 108 g/mol. The molecule has 0 radical (unpaired) electrons. The Morgan fingerprint density at radius 1 is 1.00 bits per heavy atom. The van der Waals surface area contributed by atoms with Crippen molar-refractivity contribution in [3.05, 3.63) is 0 Å². The molecule has 2 N–H and O–H groups in total. The zero-order valence-corrected chi connectivity index (χ0v) is 3.94. The standard InChI is InChI=1S/C4H4N2O2/c5-1-3(7)4(8)2-6/h3-4,7-8H/t3-,4-/m0/s1. The second-order valence-corrected chi connectivity index (χ2v) is 1.15. The molecule has 4 heteroatoms. The van der Waals surface area contributed by atoms with Crippen LogP contribution in [0.5, 0.6) is 0 Å². The van der Waals surface area contributed by atoms with Gasteiger partial charge in [0.05, 0.1) is 12.1 Å². The molecular formula is C4H4N2O2. The van der Waals surface area contributed by atoms with Crippen LogP contribution >= 0.6 is 0 Å². The van der Waals surface area contributed by atoms with Crippen LogP contribution in [0.15, 0.2) is 0 Å². The van der Waals surface area contributed by atoms with Gasteiger partial charge in [-0.05, 0) is 0 Å². The summed E-state index contributed by atoms with van der Waals surface area (Å²) < 4.78 is 0. The van der Waals surface area contributed by atoms with Crippen molar-refractivity contribution >= 4 is 0 Å². The Bertz CT molecular complexity index is 125. The zero-order chi connectivity index (χ0) is 6.57. The SMILES string of the molecule is N#C[C@H](O)[C@@H](O)C#N. The number of nitrogens with zero attached hydrogens (tertiary/aromatic N) is 2. The van der Waals surface area contributed by atoms with Gasteiger partial charge in [0.2, 0.25) is 0 Å². The molecule has 0 bridgehead atoms. The fraction of sp³-hybridized carbons (Fsp3) is 0.500. The van der Waals surface area contributed by atoms with Crippen LogP contribution in [-0.2, 0) is 0 Å². The summed E-state index contributed by atoms with van der Waals surface area (Å²) in [6.45, 7) is 0. The quantitative estimate of drug-likeness (QED) is 0.415. The van der Waals surface area contributed by atoms with Gasteiger partial charge < -0.3 is 10.2 Å². The third-order valence-corrected chi connectivity index (χ3v) is 0.564. The van der Waals surface area contributed by atoms with Gasteiger partial charge in [-0.2, -0.15) is 10.5 Å². The zero-order valence-electron chi connectivity index (χ0n) is 3.94. The molecule has 0 aliphatic heterocycles. The molecule has 0 spiro atoms. The maximum atomic E-state index is 8.29. The van der Waals surface area contributed by atoms with Crippen molar-refractivity contribution in [1.29, 1.82) is 10.5 Å². The minimum absolute atomic E-state index is 1.30. The van der Waals surface area contributed by atoms with Crippen LogP contribution in [0, 0.1) is 22.7 Å². The summed E-state index contributed by atoms with van der Waals surface area (Å²) >= 11 is 0. The van der Waals surface area contributed by atoms with E-state index in [2.05, 4.69) is 0 Å². The first-order chi connectivity index (χ1) is 3.72. The van der Waals surface area contributed by atoms with Gasteiger partial charge in [-0.1, -0.05) is 0 Å². The molecule has 0 fully saturated rings. The van der Waals surface area contributed by atoms with Gasteiger partial charge in [0.15, 0.2) is 12.2 Å². The van der Waals surface area contributed by atoms with Crippen LogP contribution < -0.4 is 0 Å². The molecule has 0 rings (SSSR count). The topological polar surface area (TPSA) is 88.0 Å². The van der Waals surface area contributed by atoms with Crippen LogP contribution in [0.1, 0.15) is 0 Å². The van der Waals surface area contributed by atoms with Crippen LogP contribution in [0.3, 0.4) is 0 Å². The highest BCUT2D eigenvalue weighted by molar-refractivity contribution is 4.98. The molecule has 0 unspecified atom stereocenters. The summed E-state index contributed by atoms with van der Waals surface area (Å²) in [4.78, 5) is 0. The van der Waals surface area contributed by atoms with E-state index in [1.807, 2.05) is 0 Å². The van der Waals surface area contributed by atoms with Crippen LogP contribution in [0.4, 0.5) is 0 Å². The number of hydrogen-bond acceptors (Lipinski definition) is 4. The van der Waals surface area contributed by atoms with Crippen LogP contribution in [0.25, 0.3) is 0 Å². The molecule has 0 saturated carbocycles. The van der Waals surface area contributed by atoms with Gasteiger partial charge in [0.1, 0.15) is 0 Å². The monoisotopic (exact) mass is 112 g/mol. The van der Waals surface area contributed by atoms with Gasteiger partial charge in [0, 0.05) is 0 Å². The number of aliphatic hydroxyl groups is 2. The number of aliphatic hydroxyl groups excluding tert-OH is 2. The summed E-state index contributed by atoms with van der Waals surface area (Å²) in [6.07, 6.45) is -3.17. The minimum Gasteiger partial charge on any atom is -0.375 e. The lowest BCUT2D eigenvalue weighted by atomic mass is 10.2. The van der Waals surface area contributed by atoms with E-state index >= 15 is 0 Å². The van der Waals surface area contributed by atoms with Crippen LogP contribution in [0.2, 0.25) is 0 Å². The van der Waals surface area contributed by atoms with Crippen molar-refractivity contribution in [3.8, 4) is 12.1 Å². The summed E-state index contributed by atoms with van der Waals surface area (Å²) in [5, 5.41) is 32.2. The van der Waals surface area contributed by atoms with E-state index in [1.54, 1.807) is 0 Å². The molecule has 8 heavy (non-hydrogen) atoms. The predicted molar refractivity (Wildman–Crippen MR) is 23.2 cm³/mol. The van der Waals surface area contributed by atoms with E-state index in [1.165, 1.54) is 12.1 Å². The largest absolute Gasteiger partial charge is 0.375 e. The lowest BCUT2D eigenvalue weighted by molar-refractivity contribution is 0.0905. The first kappa shape index (κ1) is 6.90. The molecule has 0 aromatic carbocycles. The van der Waals surface area contributed by atoms with Crippen molar-refractivity contribution in [3.63, 3.8) is 0 Å². The highest BCUT2D eigenvalue weighted by atomic mass is 16.3. The predicted octanol–water partition coefficient (Wildman–Crippen LogP) is -1.24. The van der Waals surface area contributed by atoms with Crippen molar-refractivity contribution in [2.75, 3.05) is 0 Å². The van der Waals surface area contributed by atoms with Gasteiger partial charge in [-0.25, -0.2) is 0 Å². The highest BCUT2D eigenvalue weighted by Crippen LogP contribution is 1.86. The molecule has 4 nitrogen and oxygen atoms in total. The molecule has 0 aliphatic rings. The lowest BCUT2D eigenvalue weighted by Crippen LogP contribution is -2.21. The number of hydrogen-bond donors (Lipinski definition) is 2. The highest BCUT2D eigenvalue weighted by Gasteiger charge is 2.12. The van der Waals surface area contributed by atoms with E-state index in [-0.39, 0.29) is 0 Å². The van der Waals surface area contributed by atoms with E-state index < -0.39 is 12.2 Å². The van der Waals surface area contributed by atoms with E-state index in [0.717, 1.165) is 0 Å². The van der Waals surface area contributed by atoms with Gasteiger partial charge in [0.25, 0.3) is 0 Å². The molecule has 2 atom stereocenters. The molecule has 0 aromatic rings. The molecule has 42 valence electrons. The molecule has 0 saturated heterocycles. The van der Waals surface area contributed by atoms with Crippen molar-refractivity contribution in [1.82, 2.24) is 0 Å². The summed E-state index contributed by atoms with van der Waals surface area (Å²) in [5.41, 5.74) is 0. The second-order valence-electron chi connectivity index (χ2n) is 1.15. The van der Waals surface area contributed by atoms with Gasteiger partial charge in [-0.3, -0.25) is 0 Å². The first-order valence-corrected chi connectivity index (χ1v) is 1.87. The fourth-order valence-electron chi connectivity index (χ4n) is 0.141. The average Bonchev–Trinajstić information content (AvgIpc) is 1.84. The Morgan fingerprint density at radius 3 is 1.38 bits per heavy atom. The summed E-state index contributed by atoms with van der Waals surface area (Å²) in [7, 11) is 0. The fourth-order valence-corrected chi connectivity index (χ4v) is 0.141. The third-order valence-electron chi connectivity index (χ3n) is 0.564. The maximum Gasteiger partial charge on any atom is 0.179 e. The molecule has 0 aromatic heterocycles. The van der Waals surface area contributed by atoms with Crippen LogP contribution in [-0.4, -0.2) is 22.4 Å². The molecule has 0 amide bonds. The van der Waals surface area contributed by atoms with Gasteiger partial charge >= 0.3 is 0 Å². The Labute approximate surface area is 46.2 Å². The van der Waals surface area contributed by atoms with E-state index in [4.69, 9.17) is 20.7 Å². The third kappa shape index (κ3) is 1.57.